The molecule has 1 aromatic heterocycles. The average Bonchev–Trinajstić information content (AvgIpc) is 2.65. The van der Waals surface area contributed by atoms with Gasteiger partial charge in [-0.25, -0.2) is 9.78 Å². The Labute approximate surface area is 114 Å². The van der Waals surface area contributed by atoms with Crippen LogP contribution in [-0.4, -0.2) is 27.3 Å². The number of rotatable bonds is 4. The van der Waals surface area contributed by atoms with Gasteiger partial charge >= 0.3 is 6.09 Å². The van der Waals surface area contributed by atoms with Gasteiger partial charge in [-0.1, -0.05) is 12.2 Å². The van der Waals surface area contributed by atoms with E-state index in [-0.39, 0.29) is 0 Å². The van der Waals surface area contributed by atoms with Crippen molar-refractivity contribution in [2.45, 2.75) is 32.4 Å². The van der Waals surface area contributed by atoms with E-state index < -0.39 is 17.7 Å². The summed E-state index contributed by atoms with van der Waals surface area (Å²) in [6.07, 6.45) is -0.570. The van der Waals surface area contributed by atoms with Gasteiger partial charge in [0.25, 0.3) is 0 Å². The van der Waals surface area contributed by atoms with E-state index >= 15 is 0 Å². The summed E-state index contributed by atoms with van der Waals surface area (Å²) in [6.45, 7) is 5.33. The number of thiocarbonyl (C=S) groups is 1. The van der Waals surface area contributed by atoms with Crippen molar-refractivity contribution in [1.29, 1.82) is 0 Å². The first-order valence-corrected chi connectivity index (χ1v) is 6.51. The molecule has 0 aliphatic rings. The van der Waals surface area contributed by atoms with Gasteiger partial charge in [0.1, 0.15) is 11.6 Å². The van der Waals surface area contributed by atoms with Crippen LogP contribution in [0.2, 0.25) is 0 Å². The molecule has 0 saturated carbocycles. The summed E-state index contributed by atoms with van der Waals surface area (Å²) in [5.74, 6) is 0. The maximum absolute atomic E-state index is 11.5. The predicted octanol–water partition coefficient (Wildman–Crippen LogP) is 2.51. The smallest absolute Gasteiger partial charge is 0.413 e. The molecule has 100 valence electrons. The Kier molecular flexibility index (Phi) is 5.15. The van der Waals surface area contributed by atoms with Crippen LogP contribution in [0.4, 0.5) is 9.93 Å². The summed E-state index contributed by atoms with van der Waals surface area (Å²) in [5, 5.41) is 14.7. The van der Waals surface area contributed by atoms with E-state index in [1.807, 2.05) is 5.48 Å². The predicted molar refractivity (Wildman–Crippen MR) is 73.3 cm³/mol. The highest BCUT2D eigenvalue weighted by Crippen LogP contribution is 2.20. The highest BCUT2D eigenvalue weighted by molar-refractivity contribution is 7.79. The first-order valence-electron chi connectivity index (χ1n) is 5.16. The maximum atomic E-state index is 11.5. The number of aromatic nitrogens is 1. The fourth-order valence-electron chi connectivity index (χ4n) is 1.04. The quantitative estimate of drug-likeness (QED) is 0.583. The van der Waals surface area contributed by atoms with Crippen LogP contribution >= 0.6 is 23.6 Å². The monoisotopic (exact) mass is 289 g/mol. The summed E-state index contributed by atoms with van der Waals surface area (Å²) >= 11 is 5.95. The molecule has 18 heavy (non-hydrogen) atoms. The van der Waals surface area contributed by atoms with Gasteiger partial charge in [-0.2, -0.15) is 5.48 Å². The van der Waals surface area contributed by atoms with Crippen molar-refractivity contribution >= 4 is 40.1 Å². The Morgan fingerprint density at radius 2 is 2.33 bits per heavy atom. The third-order valence-electron chi connectivity index (χ3n) is 1.72. The molecule has 1 rings (SSSR count). The number of hydrogen-bond acceptors (Lipinski definition) is 7. The number of hydroxylamine groups is 1. The molecular weight excluding hydrogens is 274 g/mol. The Morgan fingerprint density at radius 3 is 2.83 bits per heavy atom. The molecule has 3 N–H and O–H groups in total. The number of hydrogen-bond donors (Lipinski definition) is 3. The summed E-state index contributed by atoms with van der Waals surface area (Å²) in [6, 6.07) is -0.537. The molecule has 0 saturated heterocycles. The lowest BCUT2D eigenvalue weighted by Crippen LogP contribution is -2.27. The number of amides is 1. The van der Waals surface area contributed by atoms with E-state index in [1.165, 1.54) is 16.7 Å². The molecule has 0 fully saturated rings. The number of anilines is 1. The fraction of sp³-hybridized carbons (Fsp3) is 0.500. The van der Waals surface area contributed by atoms with Crippen LogP contribution in [0.15, 0.2) is 5.38 Å². The molecule has 0 aliphatic carbocycles. The maximum Gasteiger partial charge on any atom is 0.413 e. The minimum absolute atomic E-state index is 0.386. The highest BCUT2D eigenvalue weighted by atomic mass is 32.1. The SMILES string of the molecule is CC(C)(C)OC(=O)Nc1nc(C(C=S)NO)cs1. The first kappa shape index (κ1) is 15.0. The molecule has 1 atom stereocenters. The second kappa shape index (κ2) is 6.19. The second-order valence-electron chi connectivity index (χ2n) is 4.45. The lowest BCUT2D eigenvalue weighted by atomic mass is 10.2. The van der Waals surface area contributed by atoms with Gasteiger partial charge in [0.2, 0.25) is 0 Å². The largest absolute Gasteiger partial charge is 0.444 e. The zero-order valence-electron chi connectivity index (χ0n) is 10.3. The van der Waals surface area contributed by atoms with E-state index in [2.05, 4.69) is 10.3 Å². The number of carbonyl (C=O) groups excluding carboxylic acids is 1. The van der Waals surface area contributed by atoms with Crippen molar-refractivity contribution in [3.8, 4) is 0 Å². The number of nitrogens with one attached hydrogen (secondary N) is 2. The number of ether oxygens (including phenoxy) is 1. The van der Waals surface area contributed by atoms with Crippen LogP contribution in [0, 0.1) is 0 Å². The normalized spacial score (nSPS) is 12.9. The Morgan fingerprint density at radius 1 is 1.67 bits per heavy atom. The van der Waals surface area contributed by atoms with Gasteiger partial charge < -0.3 is 9.94 Å². The molecule has 0 aliphatic heterocycles. The highest BCUT2D eigenvalue weighted by Gasteiger charge is 2.18. The topological polar surface area (TPSA) is 83.5 Å². The lowest BCUT2D eigenvalue weighted by molar-refractivity contribution is 0.0636. The van der Waals surface area contributed by atoms with Crippen molar-refractivity contribution in [3.63, 3.8) is 0 Å². The van der Waals surface area contributed by atoms with Crippen molar-refractivity contribution in [3.05, 3.63) is 11.1 Å². The number of thiazole rings is 1. The van der Waals surface area contributed by atoms with Gasteiger partial charge in [-0.15, -0.1) is 11.3 Å². The summed E-state index contributed by atoms with van der Waals surface area (Å²) < 4.78 is 5.09. The van der Waals surface area contributed by atoms with E-state index in [0.29, 0.717) is 10.8 Å². The van der Waals surface area contributed by atoms with Gasteiger partial charge in [-0.05, 0) is 20.8 Å². The van der Waals surface area contributed by atoms with Crippen LogP contribution in [0.5, 0.6) is 0 Å². The van der Waals surface area contributed by atoms with Crippen LogP contribution in [0.3, 0.4) is 0 Å². The van der Waals surface area contributed by atoms with Gasteiger partial charge in [0, 0.05) is 10.7 Å². The lowest BCUT2D eigenvalue weighted by Gasteiger charge is -2.18. The van der Waals surface area contributed by atoms with E-state index in [1.54, 1.807) is 26.2 Å². The van der Waals surface area contributed by atoms with Gasteiger partial charge in [0.15, 0.2) is 5.13 Å². The molecule has 1 heterocycles. The van der Waals surface area contributed by atoms with Crippen molar-refractivity contribution < 1.29 is 14.7 Å². The van der Waals surface area contributed by atoms with E-state index in [9.17, 15) is 4.79 Å². The van der Waals surface area contributed by atoms with Crippen LogP contribution in [0.25, 0.3) is 0 Å². The third-order valence-corrected chi connectivity index (χ3v) is 2.77. The standard InChI is InChI=1S/C10H15N3O3S2/c1-10(2,3)16-9(14)12-8-11-7(5-18-8)6(4-17)13-15/h4-6,13,15H,1-3H3,(H,11,12,14). The summed E-state index contributed by atoms with van der Waals surface area (Å²) in [4.78, 5) is 15.6. The second-order valence-corrected chi connectivity index (χ2v) is 5.58. The molecule has 6 nitrogen and oxygen atoms in total. The van der Waals surface area contributed by atoms with Gasteiger partial charge in [-0.3, -0.25) is 5.32 Å². The molecule has 0 aromatic carbocycles. The zero-order chi connectivity index (χ0) is 13.8. The zero-order valence-corrected chi connectivity index (χ0v) is 11.9. The molecule has 8 heteroatoms. The number of nitrogens with zero attached hydrogens (tertiary/aromatic N) is 1. The van der Waals surface area contributed by atoms with Crippen molar-refractivity contribution in [2.24, 2.45) is 0 Å². The average molecular weight is 289 g/mol. The molecule has 0 radical (unpaired) electrons. The Bertz CT molecular complexity index is 428. The molecule has 0 spiro atoms. The molecule has 1 unspecified atom stereocenters. The third kappa shape index (κ3) is 4.65. The molecular formula is C10H15N3O3S2. The molecule has 0 bridgehead atoms. The van der Waals surface area contributed by atoms with Gasteiger partial charge in [0.05, 0.1) is 5.69 Å². The minimum Gasteiger partial charge on any atom is -0.444 e. The fourth-order valence-corrected chi connectivity index (χ4v) is 1.98. The molecule has 1 aromatic rings. The molecule has 1 amide bonds. The Hall–Kier alpha value is -1.09. The van der Waals surface area contributed by atoms with Crippen LogP contribution in [0.1, 0.15) is 32.5 Å². The van der Waals surface area contributed by atoms with Crippen LogP contribution in [-0.2, 0) is 4.74 Å². The van der Waals surface area contributed by atoms with Crippen molar-refractivity contribution in [2.75, 3.05) is 5.32 Å². The van der Waals surface area contributed by atoms with E-state index in [4.69, 9.17) is 22.2 Å². The first-order chi connectivity index (χ1) is 8.35. The number of carbonyl (C=O) groups is 1. The van der Waals surface area contributed by atoms with Crippen molar-refractivity contribution in [1.82, 2.24) is 10.5 Å². The van der Waals surface area contributed by atoms with E-state index in [0.717, 1.165) is 0 Å². The summed E-state index contributed by atoms with van der Waals surface area (Å²) in [7, 11) is 0. The summed E-state index contributed by atoms with van der Waals surface area (Å²) in [5.41, 5.74) is 1.98. The minimum atomic E-state index is -0.570. The Balaban J connectivity index is 2.64. The van der Waals surface area contributed by atoms with Crippen LogP contribution < -0.4 is 10.8 Å².